The van der Waals surface area contributed by atoms with Crippen LogP contribution >= 0.6 is 12.4 Å². The largest absolute Gasteiger partial charge is 0.454 e. The quantitative estimate of drug-likeness (QED) is 0.890. The molecule has 1 amide bonds. The summed E-state index contributed by atoms with van der Waals surface area (Å²) >= 11 is 0. The topological polar surface area (TPSA) is 59.6 Å². The van der Waals surface area contributed by atoms with Crippen LogP contribution in [-0.2, 0) is 11.3 Å². The van der Waals surface area contributed by atoms with Crippen LogP contribution in [0.4, 0.5) is 0 Å². The van der Waals surface area contributed by atoms with Crippen molar-refractivity contribution in [3.63, 3.8) is 0 Å². The van der Waals surface area contributed by atoms with E-state index in [1.165, 1.54) is 0 Å². The van der Waals surface area contributed by atoms with Crippen molar-refractivity contribution in [1.82, 2.24) is 10.6 Å². The Morgan fingerprint density at radius 1 is 1.35 bits per heavy atom. The molecule has 0 bridgehead atoms. The molecule has 20 heavy (non-hydrogen) atoms. The monoisotopic (exact) mass is 298 g/mol. The maximum Gasteiger partial charge on any atom is 0.237 e. The van der Waals surface area contributed by atoms with E-state index in [2.05, 4.69) is 10.6 Å². The minimum atomic E-state index is -0.0531. The van der Waals surface area contributed by atoms with Crippen LogP contribution in [0.1, 0.15) is 24.8 Å². The smallest absolute Gasteiger partial charge is 0.237 e. The molecule has 5 nitrogen and oxygen atoms in total. The van der Waals surface area contributed by atoms with E-state index < -0.39 is 0 Å². The third-order valence-corrected chi connectivity index (χ3v) is 3.56. The highest BCUT2D eigenvalue weighted by Crippen LogP contribution is 2.35. The summed E-state index contributed by atoms with van der Waals surface area (Å²) in [6.45, 7) is 1.66. The standard InChI is InChI=1S/C14H18N2O3.ClH/c17-14(11-5-1-2-7-15-11)16-8-10-4-3-6-12-13(10)19-9-18-12;/h3-4,6,11,15H,1-2,5,7-9H2,(H,16,17);1H. The van der Waals surface area contributed by atoms with Gasteiger partial charge in [-0.05, 0) is 25.5 Å². The highest BCUT2D eigenvalue weighted by Gasteiger charge is 2.21. The van der Waals surface area contributed by atoms with E-state index in [1.54, 1.807) is 0 Å². The van der Waals surface area contributed by atoms with Gasteiger partial charge in [-0.15, -0.1) is 12.4 Å². The molecule has 0 aromatic heterocycles. The second-order valence-corrected chi connectivity index (χ2v) is 4.87. The molecular formula is C14H19ClN2O3. The number of hydrogen-bond acceptors (Lipinski definition) is 4. The fourth-order valence-corrected chi connectivity index (χ4v) is 2.51. The van der Waals surface area contributed by atoms with E-state index in [0.717, 1.165) is 42.9 Å². The van der Waals surface area contributed by atoms with Gasteiger partial charge in [-0.1, -0.05) is 18.6 Å². The maximum absolute atomic E-state index is 12.0. The summed E-state index contributed by atoms with van der Waals surface area (Å²) in [5, 5.41) is 6.20. The predicted molar refractivity (Wildman–Crippen MR) is 77.3 cm³/mol. The number of piperidine rings is 1. The van der Waals surface area contributed by atoms with Gasteiger partial charge in [0.2, 0.25) is 12.7 Å². The maximum atomic E-state index is 12.0. The molecular weight excluding hydrogens is 280 g/mol. The molecule has 1 aromatic carbocycles. The Bertz CT molecular complexity index is 475. The number of benzene rings is 1. The summed E-state index contributed by atoms with van der Waals surface area (Å²) in [4.78, 5) is 12.0. The Balaban J connectivity index is 0.00000147. The first kappa shape index (κ1) is 14.9. The molecule has 0 aliphatic carbocycles. The fraction of sp³-hybridized carbons (Fsp3) is 0.500. The molecule has 1 fully saturated rings. The minimum Gasteiger partial charge on any atom is -0.454 e. The van der Waals surface area contributed by atoms with Crippen LogP contribution in [0.5, 0.6) is 11.5 Å². The van der Waals surface area contributed by atoms with E-state index >= 15 is 0 Å². The van der Waals surface area contributed by atoms with Gasteiger partial charge in [0.25, 0.3) is 0 Å². The van der Waals surface area contributed by atoms with E-state index in [1.807, 2.05) is 18.2 Å². The first-order valence-electron chi connectivity index (χ1n) is 6.73. The van der Waals surface area contributed by atoms with Crippen LogP contribution in [0, 0.1) is 0 Å². The summed E-state index contributed by atoms with van der Waals surface area (Å²) < 4.78 is 10.7. The number of carbonyl (C=O) groups is 1. The summed E-state index contributed by atoms with van der Waals surface area (Å²) in [5.74, 6) is 1.57. The minimum absolute atomic E-state index is 0. The molecule has 0 spiro atoms. The van der Waals surface area contributed by atoms with Gasteiger partial charge in [-0.25, -0.2) is 0 Å². The second-order valence-electron chi connectivity index (χ2n) is 4.87. The molecule has 2 aliphatic heterocycles. The summed E-state index contributed by atoms with van der Waals surface area (Å²) in [5.41, 5.74) is 0.958. The zero-order chi connectivity index (χ0) is 13.1. The molecule has 0 radical (unpaired) electrons. The van der Waals surface area contributed by atoms with Crippen molar-refractivity contribution < 1.29 is 14.3 Å². The van der Waals surface area contributed by atoms with Crippen LogP contribution in [0.15, 0.2) is 18.2 Å². The van der Waals surface area contributed by atoms with Gasteiger partial charge in [0.1, 0.15) is 0 Å². The van der Waals surface area contributed by atoms with E-state index in [0.29, 0.717) is 6.54 Å². The van der Waals surface area contributed by atoms with Gasteiger partial charge in [-0.3, -0.25) is 4.79 Å². The zero-order valence-corrected chi connectivity index (χ0v) is 12.0. The average Bonchev–Trinajstić information content (AvgIpc) is 2.94. The number of carbonyl (C=O) groups excluding carboxylic acids is 1. The van der Waals surface area contributed by atoms with Crippen molar-refractivity contribution in [3.8, 4) is 11.5 Å². The lowest BCUT2D eigenvalue weighted by Gasteiger charge is -2.22. The zero-order valence-electron chi connectivity index (χ0n) is 11.2. The molecule has 1 aromatic rings. The number of ether oxygens (including phenoxy) is 2. The molecule has 110 valence electrons. The van der Waals surface area contributed by atoms with Crippen molar-refractivity contribution in [1.29, 1.82) is 0 Å². The van der Waals surface area contributed by atoms with Gasteiger partial charge < -0.3 is 20.1 Å². The highest BCUT2D eigenvalue weighted by molar-refractivity contribution is 5.85. The molecule has 3 rings (SSSR count). The lowest BCUT2D eigenvalue weighted by Crippen LogP contribution is -2.46. The van der Waals surface area contributed by atoms with Crippen LogP contribution < -0.4 is 20.1 Å². The molecule has 1 atom stereocenters. The number of nitrogens with one attached hydrogen (secondary N) is 2. The molecule has 2 heterocycles. The number of hydrogen-bond donors (Lipinski definition) is 2. The Kier molecular flexibility index (Phi) is 5.09. The number of rotatable bonds is 3. The van der Waals surface area contributed by atoms with E-state index in [9.17, 15) is 4.79 Å². The van der Waals surface area contributed by atoms with Crippen molar-refractivity contribution in [2.45, 2.75) is 31.8 Å². The number of para-hydroxylation sites is 1. The Hall–Kier alpha value is -1.46. The van der Waals surface area contributed by atoms with Gasteiger partial charge in [0.05, 0.1) is 6.04 Å². The van der Waals surface area contributed by atoms with Crippen LogP contribution in [0.2, 0.25) is 0 Å². The van der Waals surface area contributed by atoms with Crippen molar-refractivity contribution >= 4 is 18.3 Å². The number of halogens is 1. The van der Waals surface area contributed by atoms with Crippen molar-refractivity contribution in [3.05, 3.63) is 23.8 Å². The lowest BCUT2D eigenvalue weighted by atomic mass is 10.0. The van der Waals surface area contributed by atoms with Gasteiger partial charge in [-0.2, -0.15) is 0 Å². The molecule has 6 heteroatoms. The summed E-state index contributed by atoms with van der Waals surface area (Å²) in [6.07, 6.45) is 3.18. The summed E-state index contributed by atoms with van der Waals surface area (Å²) in [7, 11) is 0. The van der Waals surface area contributed by atoms with Crippen molar-refractivity contribution in [2.75, 3.05) is 13.3 Å². The first-order chi connectivity index (χ1) is 9.34. The fourth-order valence-electron chi connectivity index (χ4n) is 2.51. The van der Waals surface area contributed by atoms with E-state index in [-0.39, 0.29) is 31.1 Å². The van der Waals surface area contributed by atoms with Crippen molar-refractivity contribution in [2.24, 2.45) is 0 Å². The van der Waals surface area contributed by atoms with Crippen LogP contribution in [0.25, 0.3) is 0 Å². The lowest BCUT2D eigenvalue weighted by molar-refractivity contribution is -0.123. The Morgan fingerprint density at radius 2 is 2.25 bits per heavy atom. The predicted octanol–water partition coefficient (Wildman–Crippen LogP) is 1.60. The third kappa shape index (κ3) is 3.16. The first-order valence-corrected chi connectivity index (χ1v) is 6.73. The Morgan fingerprint density at radius 3 is 3.05 bits per heavy atom. The van der Waals surface area contributed by atoms with Gasteiger partial charge >= 0.3 is 0 Å². The van der Waals surface area contributed by atoms with Crippen LogP contribution in [0.3, 0.4) is 0 Å². The summed E-state index contributed by atoms with van der Waals surface area (Å²) in [6, 6.07) is 5.68. The average molecular weight is 299 g/mol. The Labute approximate surface area is 124 Å². The number of amides is 1. The second kappa shape index (κ2) is 6.81. The van der Waals surface area contributed by atoms with Crippen LogP contribution in [-0.4, -0.2) is 25.3 Å². The molecule has 0 saturated carbocycles. The molecule has 1 saturated heterocycles. The highest BCUT2D eigenvalue weighted by atomic mass is 35.5. The molecule has 2 N–H and O–H groups in total. The van der Waals surface area contributed by atoms with E-state index in [4.69, 9.17) is 9.47 Å². The third-order valence-electron chi connectivity index (χ3n) is 3.56. The molecule has 1 unspecified atom stereocenters. The molecule has 2 aliphatic rings. The van der Waals surface area contributed by atoms with Gasteiger partial charge in [0.15, 0.2) is 11.5 Å². The number of fused-ring (bicyclic) bond motifs is 1. The van der Waals surface area contributed by atoms with Gasteiger partial charge in [0, 0.05) is 12.1 Å². The SMILES string of the molecule is Cl.O=C(NCc1cccc2c1OCO2)C1CCCCN1. The normalized spacial score (nSPS) is 20.1.